The SMILES string of the molecule is c1ccc(-c2cccc(-c3ncco3)c2-c2nccs2)nc1. The molecule has 1 aromatic carbocycles. The molecule has 0 atom stereocenters. The van der Waals surface area contributed by atoms with Crippen LogP contribution in [-0.2, 0) is 0 Å². The standard InChI is InChI=1S/C17H11N3OS/c1-2-7-18-14(6-1)12-4-3-5-13(16-19-8-10-21-16)15(12)17-20-9-11-22-17/h1-11H. The van der Waals surface area contributed by atoms with Crippen LogP contribution in [0.1, 0.15) is 0 Å². The number of aromatic nitrogens is 3. The molecular formula is C17H11N3OS. The first-order valence-corrected chi connectivity index (χ1v) is 7.65. The van der Waals surface area contributed by atoms with Gasteiger partial charge in [-0.2, -0.15) is 0 Å². The normalized spacial score (nSPS) is 10.7. The van der Waals surface area contributed by atoms with Crippen molar-refractivity contribution in [2.45, 2.75) is 0 Å². The number of oxazole rings is 1. The van der Waals surface area contributed by atoms with Crippen LogP contribution in [0.25, 0.3) is 33.3 Å². The highest BCUT2D eigenvalue weighted by Crippen LogP contribution is 2.39. The van der Waals surface area contributed by atoms with Crippen molar-refractivity contribution < 1.29 is 4.42 Å². The van der Waals surface area contributed by atoms with Gasteiger partial charge in [0.2, 0.25) is 5.89 Å². The summed E-state index contributed by atoms with van der Waals surface area (Å²) < 4.78 is 5.49. The zero-order valence-electron chi connectivity index (χ0n) is 11.5. The predicted molar refractivity (Wildman–Crippen MR) is 86.3 cm³/mol. The van der Waals surface area contributed by atoms with E-state index in [0.717, 1.165) is 27.4 Å². The van der Waals surface area contributed by atoms with E-state index in [0.29, 0.717) is 5.89 Å². The molecule has 22 heavy (non-hydrogen) atoms. The largest absolute Gasteiger partial charge is 0.445 e. The maximum Gasteiger partial charge on any atom is 0.226 e. The zero-order valence-corrected chi connectivity index (χ0v) is 12.3. The molecule has 0 saturated carbocycles. The van der Waals surface area contributed by atoms with Gasteiger partial charge in [0.05, 0.1) is 11.9 Å². The molecule has 0 amide bonds. The van der Waals surface area contributed by atoms with Crippen LogP contribution in [-0.4, -0.2) is 15.0 Å². The van der Waals surface area contributed by atoms with E-state index in [1.165, 1.54) is 0 Å². The molecule has 0 aliphatic heterocycles. The minimum Gasteiger partial charge on any atom is -0.445 e. The number of pyridine rings is 1. The molecule has 0 unspecified atom stereocenters. The molecule has 5 heteroatoms. The van der Waals surface area contributed by atoms with E-state index in [9.17, 15) is 0 Å². The molecule has 0 bridgehead atoms. The van der Waals surface area contributed by atoms with E-state index < -0.39 is 0 Å². The summed E-state index contributed by atoms with van der Waals surface area (Å²) in [6, 6.07) is 11.9. The van der Waals surface area contributed by atoms with E-state index in [1.54, 1.807) is 36.2 Å². The fourth-order valence-corrected chi connectivity index (χ4v) is 3.11. The van der Waals surface area contributed by atoms with Crippen molar-refractivity contribution in [1.29, 1.82) is 0 Å². The molecule has 3 heterocycles. The van der Waals surface area contributed by atoms with E-state index >= 15 is 0 Å². The van der Waals surface area contributed by atoms with Gasteiger partial charge in [0.15, 0.2) is 0 Å². The lowest BCUT2D eigenvalue weighted by atomic mass is 9.98. The van der Waals surface area contributed by atoms with Gasteiger partial charge in [-0.15, -0.1) is 11.3 Å². The van der Waals surface area contributed by atoms with Crippen LogP contribution in [0, 0.1) is 0 Å². The second-order valence-corrected chi connectivity index (χ2v) is 5.51. The Morgan fingerprint density at radius 3 is 2.50 bits per heavy atom. The Kier molecular flexibility index (Phi) is 3.25. The lowest BCUT2D eigenvalue weighted by molar-refractivity contribution is 0.575. The van der Waals surface area contributed by atoms with Gasteiger partial charge in [-0.1, -0.05) is 18.2 Å². The zero-order chi connectivity index (χ0) is 14.8. The van der Waals surface area contributed by atoms with Crippen LogP contribution in [0.3, 0.4) is 0 Å². The van der Waals surface area contributed by atoms with Gasteiger partial charge in [0, 0.05) is 34.5 Å². The molecule has 0 radical (unpaired) electrons. The van der Waals surface area contributed by atoms with E-state index in [2.05, 4.69) is 15.0 Å². The number of thiazole rings is 1. The molecule has 0 spiro atoms. The summed E-state index contributed by atoms with van der Waals surface area (Å²) >= 11 is 1.59. The molecule has 0 N–H and O–H groups in total. The Hall–Kier alpha value is -2.79. The second-order valence-electron chi connectivity index (χ2n) is 4.62. The van der Waals surface area contributed by atoms with Crippen LogP contribution in [0.5, 0.6) is 0 Å². The van der Waals surface area contributed by atoms with Crippen molar-refractivity contribution in [3.05, 3.63) is 66.6 Å². The number of hydrogen-bond acceptors (Lipinski definition) is 5. The molecule has 4 aromatic rings. The summed E-state index contributed by atoms with van der Waals surface area (Å²) in [6.07, 6.45) is 6.82. The summed E-state index contributed by atoms with van der Waals surface area (Å²) in [5, 5.41) is 2.89. The predicted octanol–water partition coefficient (Wildman–Crippen LogP) is 4.53. The average Bonchev–Trinajstić information content (AvgIpc) is 3.28. The summed E-state index contributed by atoms with van der Waals surface area (Å²) in [4.78, 5) is 13.2. The Bertz CT molecular complexity index is 872. The first kappa shape index (κ1) is 12.9. The molecule has 0 aliphatic rings. The van der Waals surface area contributed by atoms with Gasteiger partial charge in [-0.3, -0.25) is 4.98 Å². The van der Waals surface area contributed by atoms with Gasteiger partial charge in [0.1, 0.15) is 11.3 Å². The molecule has 0 fully saturated rings. The van der Waals surface area contributed by atoms with E-state index in [4.69, 9.17) is 4.42 Å². The molecule has 0 aliphatic carbocycles. The first-order chi connectivity index (χ1) is 10.9. The third-order valence-corrected chi connectivity index (χ3v) is 4.10. The maximum atomic E-state index is 5.49. The number of hydrogen-bond donors (Lipinski definition) is 0. The second kappa shape index (κ2) is 5.54. The molecule has 3 aromatic heterocycles. The lowest BCUT2D eigenvalue weighted by Crippen LogP contribution is -1.91. The van der Waals surface area contributed by atoms with Crippen LogP contribution in [0.2, 0.25) is 0 Å². The van der Waals surface area contributed by atoms with Crippen molar-refractivity contribution in [3.63, 3.8) is 0 Å². The van der Waals surface area contributed by atoms with Crippen molar-refractivity contribution in [3.8, 4) is 33.3 Å². The number of nitrogens with zero attached hydrogens (tertiary/aromatic N) is 3. The van der Waals surface area contributed by atoms with Crippen LogP contribution >= 0.6 is 11.3 Å². The Balaban J connectivity index is 2.02. The minimum atomic E-state index is 0.586. The van der Waals surface area contributed by atoms with Crippen molar-refractivity contribution in [2.75, 3.05) is 0 Å². The Labute approximate surface area is 131 Å². The molecule has 4 rings (SSSR count). The highest BCUT2D eigenvalue weighted by atomic mass is 32.1. The molecular weight excluding hydrogens is 294 g/mol. The summed E-state index contributed by atoms with van der Waals surface area (Å²) in [6.45, 7) is 0. The van der Waals surface area contributed by atoms with Crippen molar-refractivity contribution in [2.24, 2.45) is 0 Å². The Morgan fingerprint density at radius 2 is 1.77 bits per heavy atom. The van der Waals surface area contributed by atoms with E-state index in [-0.39, 0.29) is 0 Å². The minimum absolute atomic E-state index is 0.586. The van der Waals surface area contributed by atoms with Crippen molar-refractivity contribution in [1.82, 2.24) is 15.0 Å². The number of rotatable bonds is 3. The van der Waals surface area contributed by atoms with Gasteiger partial charge in [-0.25, -0.2) is 9.97 Å². The first-order valence-electron chi connectivity index (χ1n) is 6.77. The molecule has 0 saturated heterocycles. The Morgan fingerprint density at radius 1 is 0.818 bits per heavy atom. The van der Waals surface area contributed by atoms with Gasteiger partial charge >= 0.3 is 0 Å². The number of benzene rings is 1. The lowest BCUT2D eigenvalue weighted by Gasteiger charge is -2.10. The smallest absolute Gasteiger partial charge is 0.226 e. The molecule has 106 valence electrons. The van der Waals surface area contributed by atoms with Crippen LogP contribution < -0.4 is 0 Å². The van der Waals surface area contributed by atoms with E-state index in [1.807, 2.05) is 41.8 Å². The molecule has 4 nitrogen and oxygen atoms in total. The van der Waals surface area contributed by atoms with Crippen molar-refractivity contribution >= 4 is 11.3 Å². The highest BCUT2D eigenvalue weighted by Gasteiger charge is 2.18. The van der Waals surface area contributed by atoms with Gasteiger partial charge < -0.3 is 4.42 Å². The van der Waals surface area contributed by atoms with Crippen LogP contribution in [0.15, 0.2) is 71.0 Å². The van der Waals surface area contributed by atoms with Gasteiger partial charge in [0.25, 0.3) is 0 Å². The van der Waals surface area contributed by atoms with Crippen LogP contribution in [0.4, 0.5) is 0 Å². The topological polar surface area (TPSA) is 51.8 Å². The maximum absolute atomic E-state index is 5.49. The summed E-state index contributed by atoms with van der Waals surface area (Å²) in [5.74, 6) is 0.586. The third kappa shape index (κ3) is 2.21. The summed E-state index contributed by atoms with van der Waals surface area (Å²) in [7, 11) is 0. The third-order valence-electron chi connectivity index (χ3n) is 3.31. The summed E-state index contributed by atoms with van der Waals surface area (Å²) in [5.41, 5.74) is 3.84. The fraction of sp³-hybridized carbons (Fsp3) is 0. The monoisotopic (exact) mass is 305 g/mol. The van der Waals surface area contributed by atoms with Gasteiger partial charge in [-0.05, 0) is 18.2 Å². The average molecular weight is 305 g/mol. The fourth-order valence-electron chi connectivity index (χ4n) is 2.40. The quantitative estimate of drug-likeness (QED) is 0.558. The highest BCUT2D eigenvalue weighted by molar-refractivity contribution is 7.13.